The first-order chi connectivity index (χ1) is 12.1. The van der Waals surface area contributed by atoms with Crippen molar-refractivity contribution < 1.29 is 9.18 Å². The third kappa shape index (κ3) is 4.78. The van der Waals surface area contributed by atoms with Gasteiger partial charge in [-0.05, 0) is 67.9 Å². The Morgan fingerprint density at radius 1 is 1.16 bits per heavy atom. The molecule has 0 atom stereocenters. The van der Waals surface area contributed by atoms with Crippen LogP contribution in [0.15, 0.2) is 42.6 Å². The number of hydrogen-bond acceptors (Lipinski definition) is 2. The Bertz CT molecular complexity index is 709. The van der Waals surface area contributed by atoms with Crippen molar-refractivity contribution >= 4 is 6.03 Å². The minimum Gasteiger partial charge on any atom is -0.335 e. The number of aryl methyl sites for hydroxylation is 1. The molecule has 0 spiro atoms. The van der Waals surface area contributed by atoms with Crippen molar-refractivity contribution in [3.8, 4) is 0 Å². The first-order valence-corrected chi connectivity index (χ1v) is 8.82. The molecule has 2 aromatic rings. The van der Waals surface area contributed by atoms with E-state index in [1.807, 2.05) is 31.2 Å². The number of urea groups is 1. The fourth-order valence-corrected chi connectivity index (χ4v) is 3.41. The average molecular weight is 341 g/mol. The van der Waals surface area contributed by atoms with Crippen LogP contribution in [0.3, 0.4) is 0 Å². The molecule has 0 radical (unpaired) electrons. The predicted octanol–water partition coefficient (Wildman–Crippen LogP) is 4.05. The maximum Gasteiger partial charge on any atom is 0.315 e. The minimum atomic E-state index is -0.195. The van der Waals surface area contributed by atoms with Gasteiger partial charge in [0.1, 0.15) is 5.82 Å². The van der Waals surface area contributed by atoms with E-state index < -0.39 is 0 Å². The second kappa shape index (κ2) is 8.10. The topological polar surface area (TPSA) is 54.0 Å². The maximum atomic E-state index is 13.0. The van der Waals surface area contributed by atoms with E-state index in [4.69, 9.17) is 0 Å². The van der Waals surface area contributed by atoms with Crippen LogP contribution in [-0.4, -0.2) is 17.1 Å². The van der Waals surface area contributed by atoms with Crippen molar-refractivity contribution in [1.82, 2.24) is 15.6 Å². The summed E-state index contributed by atoms with van der Waals surface area (Å²) in [4.78, 5) is 16.4. The molecule has 25 heavy (non-hydrogen) atoms. The number of aromatic nitrogens is 1. The summed E-state index contributed by atoms with van der Waals surface area (Å²) < 4.78 is 13.0. The van der Waals surface area contributed by atoms with Gasteiger partial charge in [-0.3, -0.25) is 4.98 Å². The molecular weight excluding hydrogens is 317 g/mol. The third-order valence-electron chi connectivity index (χ3n) is 4.94. The molecule has 0 aliphatic heterocycles. The Morgan fingerprint density at radius 3 is 2.56 bits per heavy atom. The third-order valence-corrected chi connectivity index (χ3v) is 4.94. The van der Waals surface area contributed by atoms with Crippen LogP contribution in [0.25, 0.3) is 0 Å². The molecule has 0 bridgehead atoms. The molecule has 0 unspecified atom stereocenters. The summed E-state index contributed by atoms with van der Waals surface area (Å²) in [5.41, 5.74) is 3.15. The lowest BCUT2D eigenvalue weighted by Gasteiger charge is -2.29. The lowest BCUT2D eigenvalue weighted by Crippen LogP contribution is -2.43. The smallest absolute Gasteiger partial charge is 0.315 e. The highest BCUT2D eigenvalue weighted by Gasteiger charge is 2.23. The van der Waals surface area contributed by atoms with Gasteiger partial charge in [-0.1, -0.05) is 18.2 Å². The highest BCUT2D eigenvalue weighted by molar-refractivity contribution is 5.74. The van der Waals surface area contributed by atoms with E-state index >= 15 is 0 Å². The minimum absolute atomic E-state index is 0.143. The molecule has 1 aliphatic carbocycles. The molecule has 2 amide bonds. The fourth-order valence-electron chi connectivity index (χ4n) is 3.41. The largest absolute Gasteiger partial charge is 0.335 e. The summed E-state index contributed by atoms with van der Waals surface area (Å²) >= 11 is 0. The van der Waals surface area contributed by atoms with E-state index in [9.17, 15) is 9.18 Å². The van der Waals surface area contributed by atoms with Crippen molar-refractivity contribution in [2.75, 3.05) is 0 Å². The van der Waals surface area contributed by atoms with E-state index in [-0.39, 0.29) is 17.9 Å². The van der Waals surface area contributed by atoms with Gasteiger partial charge in [0.25, 0.3) is 0 Å². The van der Waals surface area contributed by atoms with Gasteiger partial charge in [0.2, 0.25) is 0 Å². The molecule has 3 rings (SSSR count). The SMILES string of the molecule is Cc1cccnc1CNC(=O)NC1CCC(c2ccc(F)cc2)CC1. The van der Waals surface area contributed by atoms with Crippen LogP contribution >= 0.6 is 0 Å². The highest BCUT2D eigenvalue weighted by Crippen LogP contribution is 2.32. The number of nitrogens with zero attached hydrogens (tertiary/aromatic N) is 1. The molecule has 0 saturated heterocycles. The molecule has 1 fully saturated rings. The zero-order chi connectivity index (χ0) is 17.6. The van der Waals surface area contributed by atoms with Crippen molar-refractivity contribution in [2.45, 2.75) is 51.1 Å². The van der Waals surface area contributed by atoms with Gasteiger partial charge in [-0.25, -0.2) is 9.18 Å². The van der Waals surface area contributed by atoms with E-state index in [1.54, 1.807) is 6.20 Å². The van der Waals surface area contributed by atoms with Crippen LogP contribution in [0.1, 0.15) is 48.4 Å². The zero-order valence-corrected chi connectivity index (χ0v) is 14.5. The van der Waals surface area contributed by atoms with Crippen molar-refractivity contribution in [3.05, 3.63) is 65.2 Å². The number of pyridine rings is 1. The van der Waals surface area contributed by atoms with Gasteiger partial charge < -0.3 is 10.6 Å². The number of nitrogens with one attached hydrogen (secondary N) is 2. The number of carbonyl (C=O) groups is 1. The van der Waals surface area contributed by atoms with Crippen LogP contribution in [0, 0.1) is 12.7 Å². The van der Waals surface area contributed by atoms with Gasteiger partial charge in [0.05, 0.1) is 12.2 Å². The van der Waals surface area contributed by atoms with Crippen LogP contribution in [0.2, 0.25) is 0 Å². The van der Waals surface area contributed by atoms with Gasteiger partial charge in [0.15, 0.2) is 0 Å². The Balaban J connectivity index is 1.43. The second-order valence-electron chi connectivity index (χ2n) is 6.69. The summed E-state index contributed by atoms with van der Waals surface area (Å²) in [7, 11) is 0. The molecule has 5 heteroatoms. The number of benzene rings is 1. The van der Waals surface area contributed by atoms with Crippen molar-refractivity contribution in [2.24, 2.45) is 0 Å². The average Bonchev–Trinajstić information content (AvgIpc) is 2.62. The summed E-state index contributed by atoms with van der Waals surface area (Å²) in [6.07, 6.45) is 5.64. The quantitative estimate of drug-likeness (QED) is 0.881. The second-order valence-corrected chi connectivity index (χ2v) is 6.69. The Morgan fingerprint density at radius 2 is 1.88 bits per heavy atom. The summed E-state index contributed by atoms with van der Waals surface area (Å²) in [5, 5.41) is 5.93. The molecule has 1 aliphatic rings. The Kier molecular flexibility index (Phi) is 5.64. The molecule has 1 heterocycles. The maximum absolute atomic E-state index is 13.0. The predicted molar refractivity (Wildman–Crippen MR) is 95.7 cm³/mol. The highest BCUT2D eigenvalue weighted by atomic mass is 19.1. The van der Waals surface area contributed by atoms with Gasteiger partial charge >= 0.3 is 6.03 Å². The van der Waals surface area contributed by atoms with Gasteiger partial charge in [-0.2, -0.15) is 0 Å². The number of carbonyl (C=O) groups excluding carboxylic acids is 1. The van der Waals surface area contributed by atoms with Crippen LogP contribution < -0.4 is 10.6 Å². The van der Waals surface area contributed by atoms with Crippen LogP contribution in [-0.2, 0) is 6.54 Å². The van der Waals surface area contributed by atoms with E-state index in [1.165, 1.54) is 17.7 Å². The van der Waals surface area contributed by atoms with E-state index in [2.05, 4.69) is 15.6 Å². The molecule has 2 N–H and O–H groups in total. The number of hydrogen-bond donors (Lipinski definition) is 2. The number of amides is 2. The Labute approximate surface area is 147 Å². The van der Waals surface area contributed by atoms with Crippen LogP contribution in [0.4, 0.5) is 9.18 Å². The lowest BCUT2D eigenvalue weighted by atomic mass is 9.82. The molecule has 132 valence electrons. The standard InChI is InChI=1S/C20H24FN3O/c1-14-3-2-12-22-19(14)13-23-20(25)24-18-10-6-16(7-11-18)15-4-8-17(21)9-5-15/h2-5,8-9,12,16,18H,6-7,10-11,13H2,1H3,(H2,23,24,25). The van der Waals surface area contributed by atoms with Gasteiger partial charge in [0, 0.05) is 12.2 Å². The molecule has 1 aromatic heterocycles. The van der Waals surface area contributed by atoms with E-state index in [0.29, 0.717) is 12.5 Å². The first-order valence-electron chi connectivity index (χ1n) is 8.82. The van der Waals surface area contributed by atoms with Crippen LogP contribution in [0.5, 0.6) is 0 Å². The Hall–Kier alpha value is -2.43. The van der Waals surface area contributed by atoms with Crippen molar-refractivity contribution in [1.29, 1.82) is 0 Å². The van der Waals surface area contributed by atoms with Gasteiger partial charge in [-0.15, -0.1) is 0 Å². The normalized spacial score (nSPS) is 20.1. The summed E-state index contributed by atoms with van der Waals surface area (Å²) in [5.74, 6) is 0.261. The summed E-state index contributed by atoms with van der Waals surface area (Å²) in [6, 6.07) is 10.7. The zero-order valence-electron chi connectivity index (χ0n) is 14.5. The lowest BCUT2D eigenvalue weighted by molar-refractivity contribution is 0.230. The number of halogens is 1. The van der Waals surface area contributed by atoms with E-state index in [0.717, 1.165) is 36.9 Å². The monoisotopic (exact) mass is 341 g/mol. The molecule has 1 saturated carbocycles. The molecule has 4 nitrogen and oxygen atoms in total. The first kappa shape index (κ1) is 17.4. The number of rotatable bonds is 4. The molecule has 1 aromatic carbocycles. The molecular formula is C20H24FN3O. The fraction of sp³-hybridized carbons (Fsp3) is 0.400. The van der Waals surface area contributed by atoms with Crippen molar-refractivity contribution in [3.63, 3.8) is 0 Å². The summed E-state index contributed by atoms with van der Waals surface area (Å²) in [6.45, 7) is 2.42.